The molecule has 0 fully saturated rings. The van der Waals surface area contributed by atoms with Gasteiger partial charge >= 0.3 is 0 Å². The maximum atomic E-state index is 12.9. The molecule has 0 unspecified atom stereocenters. The molecule has 2 aromatic carbocycles. The van der Waals surface area contributed by atoms with Crippen molar-refractivity contribution in [2.45, 2.75) is 20.4 Å². The highest BCUT2D eigenvalue weighted by atomic mass is 35.5. The van der Waals surface area contributed by atoms with Crippen molar-refractivity contribution in [2.75, 3.05) is 0 Å². The van der Waals surface area contributed by atoms with Crippen LogP contribution in [0.1, 0.15) is 33.0 Å². The lowest BCUT2D eigenvalue weighted by Crippen LogP contribution is -2.23. The van der Waals surface area contributed by atoms with Crippen molar-refractivity contribution in [3.05, 3.63) is 96.9 Å². The summed E-state index contributed by atoms with van der Waals surface area (Å²) >= 11 is 7.95. The molecular weight excluding hydrogens is 404 g/mol. The third-order valence-electron chi connectivity index (χ3n) is 5.49. The number of nitrogens with zero attached hydrogens (tertiary/aromatic N) is 2. The fourth-order valence-corrected chi connectivity index (χ4v) is 5.29. The van der Waals surface area contributed by atoms with E-state index in [9.17, 15) is 9.90 Å². The van der Waals surface area contributed by atoms with Gasteiger partial charge in [0.05, 0.1) is 22.5 Å². The minimum atomic E-state index is -0.267. The zero-order valence-electron chi connectivity index (χ0n) is 15.9. The Kier molecular flexibility index (Phi) is 4.12. The standard InChI is InChI=1S/C23H17ClN2O2S/c1-12-13(2)29-23-18(12)22(28)25-21-19(20(27)16-9-5-6-10-17(16)24)15-8-4-3-7-14(15)11-26(21)23/h3-10,27H,11H2,1-2H3/b20-19+. The quantitative estimate of drug-likeness (QED) is 0.361. The average Bonchev–Trinajstić information content (AvgIpc) is 3.02. The lowest BCUT2D eigenvalue weighted by molar-refractivity contribution is 0.512. The molecule has 0 saturated heterocycles. The first-order valence-electron chi connectivity index (χ1n) is 9.24. The molecule has 0 saturated carbocycles. The van der Waals surface area contributed by atoms with Gasteiger partial charge in [-0.1, -0.05) is 48.0 Å². The van der Waals surface area contributed by atoms with Crippen LogP contribution in [-0.4, -0.2) is 14.7 Å². The predicted molar refractivity (Wildman–Crippen MR) is 119 cm³/mol. The van der Waals surface area contributed by atoms with E-state index in [4.69, 9.17) is 11.6 Å². The normalized spacial score (nSPS) is 14.6. The third-order valence-corrected chi connectivity index (χ3v) is 7.05. The fraction of sp³-hybridized carbons (Fsp3) is 0.130. The largest absolute Gasteiger partial charge is 0.506 e. The van der Waals surface area contributed by atoms with Crippen molar-refractivity contribution in [3.63, 3.8) is 0 Å². The average molecular weight is 421 g/mol. The molecule has 0 atom stereocenters. The predicted octanol–water partition coefficient (Wildman–Crippen LogP) is 5.56. The number of benzene rings is 2. The second-order valence-corrected chi connectivity index (χ2v) is 8.76. The van der Waals surface area contributed by atoms with E-state index < -0.39 is 0 Å². The summed E-state index contributed by atoms with van der Waals surface area (Å²) in [4.78, 5) is 19.3. The maximum Gasteiger partial charge on any atom is 0.282 e. The molecule has 5 rings (SSSR count). The summed E-state index contributed by atoms with van der Waals surface area (Å²) in [7, 11) is 0. The first kappa shape index (κ1) is 18.2. The maximum absolute atomic E-state index is 12.9. The van der Waals surface area contributed by atoms with Gasteiger partial charge in [0, 0.05) is 10.4 Å². The minimum absolute atomic E-state index is 0.0211. The number of hydrogen-bond donors (Lipinski definition) is 1. The molecule has 3 heterocycles. The van der Waals surface area contributed by atoms with Crippen molar-refractivity contribution in [1.29, 1.82) is 0 Å². The molecule has 6 heteroatoms. The van der Waals surface area contributed by atoms with Crippen LogP contribution in [0.3, 0.4) is 0 Å². The van der Waals surface area contributed by atoms with E-state index in [1.165, 1.54) is 0 Å². The van der Waals surface area contributed by atoms with Gasteiger partial charge in [0.25, 0.3) is 5.56 Å². The number of aliphatic hydroxyl groups is 1. The third kappa shape index (κ3) is 2.65. The van der Waals surface area contributed by atoms with Crippen LogP contribution in [0.15, 0.2) is 53.3 Å². The van der Waals surface area contributed by atoms with Crippen LogP contribution in [0.4, 0.5) is 0 Å². The molecule has 29 heavy (non-hydrogen) atoms. The van der Waals surface area contributed by atoms with Gasteiger partial charge in [-0.3, -0.25) is 4.79 Å². The summed E-state index contributed by atoms with van der Waals surface area (Å²) in [5, 5.41) is 12.4. The number of rotatable bonds is 1. The highest BCUT2D eigenvalue weighted by Gasteiger charge is 2.28. The van der Waals surface area contributed by atoms with E-state index in [-0.39, 0.29) is 11.3 Å². The summed E-state index contributed by atoms with van der Waals surface area (Å²) < 4.78 is 2.03. The Hall–Kier alpha value is -2.89. The van der Waals surface area contributed by atoms with Gasteiger partial charge in [-0.2, -0.15) is 4.98 Å². The Bertz CT molecular complexity index is 1400. The molecule has 4 aromatic rings. The number of aromatic nitrogens is 2. The number of hydrogen-bond acceptors (Lipinski definition) is 4. The van der Waals surface area contributed by atoms with Crippen LogP contribution in [0.2, 0.25) is 5.02 Å². The number of halogens is 1. The first-order valence-corrected chi connectivity index (χ1v) is 10.4. The van der Waals surface area contributed by atoms with Gasteiger partial charge in [-0.15, -0.1) is 11.3 Å². The fourth-order valence-electron chi connectivity index (χ4n) is 3.91. The van der Waals surface area contributed by atoms with Crippen LogP contribution in [0.5, 0.6) is 0 Å². The molecule has 0 radical (unpaired) electrons. The molecule has 1 aliphatic rings. The van der Waals surface area contributed by atoms with Gasteiger partial charge < -0.3 is 9.67 Å². The molecule has 1 N–H and O–H groups in total. The molecule has 0 aliphatic carbocycles. The monoisotopic (exact) mass is 420 g/mol. The molecule has 4 nitrogen and oxygen atoms in total. The second kappa shape index (κ2) is 6.58. The first-order chi connectivity index (χ1) is 14.0. The SMILES string of the molecule is Cc1sc2c(c1C)c(=O)nc1n2Cc2ccccc2/C1=C(\O)c1ccccc1Cl. The topological polar surface area (TPSA) is 55.1 Å². The van der Waals surface area contributed by atoms with Gasteiger partial charge in [0.15, 0.2) is 0 Å². The number of fused-ring (bicyclic) bond motifs is 4. The van der Waals surface area contributed by atoms with Crippen LogP contribution < -0.4 is 5.56 Å². The molecule has 0 bridgehead atoms. The van der Waals surface area contributed by atoms with Crippen molar-refractivity contribution in [3.8, 4) is 0 Å². The van der Waals surface area contributed by atoms with Crippen LogP contribution in [-0.2, 0) is 6.54 Å². The summed E-state index contributed by atoms with van der Waals surface area (Å²) in [6, 6.07) is 15.0. The Morgan fingerprint density at radius 1 is 1.14 bits per heavy atom. The second-order valence-electron chi connectivity index (χ2n) is 7.15. The molecule has 2 aromatic heterocycles. The van der Waals surface area contributed by atoms with Crippen molar-refractivity contribution in [1.82, 2.24) is 9.55 Å². The van der Waals surface area contributed by atoms with Gasteiger partial charge in [0.1, 0.15) is 16.4 Å². The number of thiophene rings is 1. The Balaban J connectivity index is 1.93. The van der Waals surface area contributed by atoms with Crippen LogP contribution in [0, 0.1) is 13.8 Å². The van der Waals surface area contributed by atoms with Crippen molar-refractivity contribution >= 4 is 44.5 Å². The highest BCUT2D eigenvalue weighted by Crippen LogP contribution is 2.40. The Labute approximate surface area is 176 Å². The van der Waals surface area contributed by atoms with E-state index in [2.05, 4.69) is 4.98 Å². The van der Waals surface area contributed by atoms with Crippen molar-refractivity contribution in [2.24, 2.45) is 0 Å². The van der Waals surface area contributed by atoms with Crippen LogP contribution in [0.25, 0.3) is 21.5 Å². The zero-order valence-corrected chi connectivity index (χ0v) is 17.4. The van der Waals surface area contributed by atoms with Gasteiger partial charge in [-0.05, 0) is 42.7 Å². The summed E-state index contributed by atoms with van der Waals surface area (Å²) in [6.45, 7) is 4.56. The number of aryl methyl sites for hydroxylation is 2. The lowest BCUT2D eigenvalue weighted by Gasteiger charge is -2.25. The van der Waals surface area contributed by atoms with Crippen LogP contribution >= 0.6 is 22.9 Å². The molecule has 1 aliphatic heterocycles. The van der Waals surface area contributed by atoms with E-state index in [0.29, 0.717) is 33.9 Å². The summed E-state index contributed by atoms with van der Waals surface area (Å²) in [6.07, 6.45) is 0. The zero-order chi connectivity index (χ0) is 20.3. The minimum Gasteiger partial charge on any atom is -0.506 e. The Morgan fingerprint density at radius 2 is 1.86 bits per heavy atom. The lowest BCUT2D eigenvalue weighted by atomic mass is 9.92. The molecular formula is C23H17ClN2O2S. The van der Waals surface area contributed by atoms with E-state index >= 15 is 0 Å². The smallest absolute Gasteiger partial charge is 0.282 e. The number of aliphatic hydroxyl groups excluding tert-OH is 1. The van der Waals surface area contributed by atoms with Gasteiger partial charge in [-0.25, -0.2) is 0 Å². The Morgan fingerprint density at radius 3 is 2.66 bits per heavy atom. The molecule has 0 amide bonds. The van der Waals surface area contributed by atoms with E-state index in [0.717, 1.165) is 26.4 Å². The molecule has 144 valence electrons. The van der Waals surface area contributed by atoms with E-state index in [1.54, 1.807) is 23.5 Å². The van der Waals surface area contributed by atoms with Gasteiger partial charge in [0.2, 0.25) is 0 Å². The summed E-state index contributed by atoms with van der Waals surface area (Å²) in [5.41, 5.74) is 3.67. The highest BCUT2D eigenvalue weighted by molar-refractivity contribution is 7.18. The summed E-state index contributed by atoms with van der Waals surface area (Å²) in [5.74, 6) is 0.493. The van der Waals surface area contributed by atoms with Crippen molar-refractivity contribution < 1.29 is 5.11 Å². The van der Waals surface area contributed by atoms with E-state index in [1.807, 2.05) is 54.8 Å². The molecule has 0 spiro atoms.